The van der Waals surface area contributed by atoms with Crippen molar-refractivity contribution in [1.29, 1.82) is 0 Å². The molecule has 1 aliphatic rings. The molecule has 1 nitrogen and oxygen atoms in total. The summed E-state index contributed by atoms with van der Waals surface area (Å²) in [5, 5.41) is 0. The topological polar surface area (TPSA) is 17.1 Å². The highest BCUT2D eigenvalue weighted by Crippen LogP contribution is 2.10. The predicted octanol–water partition coefficient (Wildman–Crippen LogP) is 3.08. The fourth-order valence-electron chi connectivity index (χ4n) is 1.35. The summed E-state index contributed by atoms with van der Waals surface area (Å²) in [5.74, 6) is 0.0306. The summed E-state index contributed by atoms with van der Waals surface area (Å²) < 4.78 is 0. The van der Waals surface area contributed by atoms with Crippen LogP contribution >= 0.6 is 0 Å². The average Bonchev–Trinajstić information content (AvgIpc) is 2.58. The summed E-state index contributed by atoms with van der Waals surface area (Å²) in [7, 11) is 0. The molecule has 1 aromatic rings. The Labute approximate surface area is 88.7 Å². The maximum atomic E-state index is 12.0. The largest absolute Gasteiger partial charge is 0.289 e. The van der Waals surface area contributed by atoms with Gasteiger partial charge < -0.3 is 0 Å². The molecule has 2 rings (SSSR count). The second-order valence-corrected chi connectivity index (χ2v) is 3.18. The first-order valence-corrected chi connectivity index (χ1v) is 4.77. The van der Waals surface area contributed by atoms with Gasteiger partial charge in [0.1, 0.15) is 0 Å². The van der Waals surface area contributed by atoms with Crippen molar-refractivity contribution in [2.75, 3.05) is 0 Å². The second-order valence-electron chi connectivity index (χ2n) is 3.18. The Kier molecular flexibility index (Phi) is 2.77. The third kappa shape index (κ3) is 2.22. The molecule has 0 N–H and O–H groups in total. The van der Waals surface area contributed by atoms with Gasteiger partial charge in [-0.1, -0.05) is 48.6 Å². The normalized spacial score (nSPS) is 13.5. The number of allylic oxidation sites excluding steroid dienone is 5. The molecule has 0 fully saturated rings. The molecule has 0 spiro atoms. The van der Waals surface area contributed by atoms with Gasteiger partial charge in [0.15, 0.2) is 5.78 Å². The summed E-state index contributed by atoms with van der Waals surface area (Å²) in [6, 6.07) is 9.25. The molecule has 0 aromatic heterocycles. The van der Waals surface area contributed by atoms with E-state index in [1.807, 2.05) is 42.5 Å². The fourth-order valence-corrected chi connectivity index (χ4v) is 1.35. The van der Waals surface area contributed by atoms with E-state index in [-0.39, 0.29) is 5.78 Å². The maximum absolute atomic E-state index is 12.0. The first-order valence-electron chi connectivity index (χ1n) is 4.77. The van der Waals surface area contributed by atoms with E-state index in [4.69, 9.17) is 0 Å². The lowest BCUT2D eigenvalue weighted by molar-refractivity contribution is 0.103. The van der Waals surface area contributed by atoms with E-state index in [2.05, 4.69) is 5.73 Å². The van der Waals surface area contributed by atoms with Gasteiger partial charge in [-0.05, 0) is 12.2 Å². The molecular formula is C14H10O. The van der Waals surface area contributed by atoms with Crippen LogP contribution in [0.2, 0.25) is 0 Å². The van der Waals surface area contributed by atoms with E-state index in [0.29, 0.717) is 11.1 Å². The maximum Gasteiger partial charge on any atom is 0.193 e. The molecule has 0 amide bonds. The van der Waals surface area contributed by atoms with Crippen molar-refractivity contribution in [1.82, 2.24) is 0 Å². The van der Waals surface area contributed by atoms with Crippen molar-refractivity contribution >= 4 is 5.78 Å². The molecule has 72 valence electrons. The average molecular weight is 194 g/mol. The lowest BCUT2D eigenvalue weighted by Gasteiger charge is -1.99. The Bertz CT molecular complexity index is 483. The van der Waals surface area contributed by atoms with E-state index in [9.17, 15) is 4.79 Å². The number of carbonyl (C=O) groups is 1. The van der Waals surface area contributed by atoms with Crippen molar-refractivity contribution in [3.05, 3.63) is 77.6 Å². The Balaban J connectivity index is 2.34. The zero-order valence-corrected chi connectivity index (χ0v) is 8.18. The molecule has 0 saturated heterocycles. The van der Waals surface area contributed by atoms with Gasteiger partial charge in [0.05, 0.1) is 0 Å². The van der Waals surface area contributed by atoms with Crippen LogP contribution in [-0.4, -0.2) is 5.78 Å². The Morgan fingerprint density at radius 3 is 2.67 bits per heavy atom. The minimum atomic E-state index is 0.0306. The minimum absolute atomic E-state index is 0.0306. The molecular weight excluding hydrogens is 184 g/mol. The van der Waals surface area contributed by atoms with Gasteiger partial charge in [-0.2, -0.15) is 0 Å². The monoisotopic (exact) mass is 194 g/mol. The Morgan fingerprint density at radius 2 is 1.87 bits per heavy atom. The van der Waals surface area contributed by atoms with E-state index in [0.717, 1.165) is 0 Å². The van der Waals surface area contributed by atoms with Crippen molar-refractivity contribution in [2.24, 2.45) is 0 Å². The molecule has 15 heavy (non-hydrogen) atoms. The zero-order chi connectivity index (χ0) is 10.5. The molecule has 0 saturated carbocycles. The van der Waals surface area contributed by atoms with Crippen LogP contribution in [0.4, 0.5) is 0 Å². The molecule has 0 heterocycles. The van der Waals surface area contributed by atoms with E-state index in [1.54, 1.807) is 18.2 Å². The number of Topliss-reactive ketones (excluding diaryl/α,β-unsaturated/α-hetero) is 1. The number of hydrogen-bond donors (Lipinski definition) is 0. The number of hydrogen-bond acceptors (Lipinski definition) is 1. The summed E-state index contributed by atoms with van der Waals surface area (Å²) in [4.78, 5) is 12.0. The quantitative estimate of drug-likeness (QED) is 0.522. The predicted molar refractivity (Wildman–Crippen MR) is 60.6 cm³/mol. The van der Waals surface area contributed by atoms with Crippen molar-refractivity contribution < 1.29 is 4.79 Å². The number of benzene rings is 1. The minimum Gasteiger partial charge on any atom is -0.289 e. The molecule has 0 radical (unpaired) electrons. The van der Waals surface area contributed by atoms with Crippen molar-refractivity contribution in [3.63, 3.8) is 0 Å². The third-order valence-electron chi connectivity index (χ3n) is 2.12. The highest BCUT2D eigenvalue weighted by Gasteiger charge is 2.08. The Hall–Kier alpha value is -2.11. The summed E-state index contributed by atoms with van der Waals surface area (Å²) in [5.41, 5.74) is 4.29. The van der Waals surface area contributed by atoms with Crippen molar-refractivity contribution in [2.45, 2.75) is 0 Å². The molecule has 0 bridgehead atoms. The fraction of sp³-hybridized carbons (Fsp3) is 0. The first-order chi connectivity index (χ1) is 7.38. The van der Waals surface area contributed by atoms with Crippen LogP contribution in [0.15, 0.2) is 72.0 Å². The van der Waals surface area contributed by atoms with Crippen LogP contribution in [0.3, 0.4) is 0 Å². The molecule has 1 aliphatic carbocycles. The van der Waals surface area contributed by atoms with Crippen LogP contribution in [0.1, 0.15) is 10.4 Å². The van der Waals surface area contributed by atoms with Crippen LogP contribution in [-0.2, 0) is 0 Å². The van der Waals surface area contributed by atoms with Crippen LogP contribution in [0.25, 0.3) is 0 Å². The number of rotatable bonds is 2. The zero-order valence-electron chi connectivity index (χ0n) is 8.18. The molecule has 0 unspecified atom stereocenters. The molecule has 1 heteroatoms. The third-order valence-corrected chi connectivity index (χ3v) is 2.12. The van der Waals surface area contributed by atoms with Gasteiger partial charge in [-0.3, -0.25) is 4.79 Å². The second kappa shape index (κ2) is 4.41. The highest BCUT2D eigenvalue weighted by molar-refractivity contribution is 6.10. The van der Waals surface area contributed by atoms with Crippen LogP contribution in [0, 0.1) is 0 Å². The van der Waals surface area contributed by atoms with Gasteiger partial charge in [0.25, 0.3) is 0 Å². The first kappa shape index (κ1) is 9.45. The lowest BCUT2D eigenvalue weighted by atomic mass is 10.0. The summed E-state index contributed by atoms with van der Waals surface area (Å²) in [6.07, 6.45) is 8.97. The van der Waals surface area contributed by atoms with Crippen molar-refractivity contribution in [3.8, 4) is 0 Å². The van der Waals surface area contributed by atoms with Crippen LogP contribution < -0.4 is 0 Å². The highest BCUT2D eigenvalue weighted by atomic mass is 16.1. The van der Waals surface area contributed by atoms with E-state index >= 15 is 0 Å². The smallest absolute Gasteiger partial charge is 0.193 e. The number of ketones is 1. The summed E-state index contributed by atoms with van der Waals surface area (Å²) >= 11 is 0. The van der Waals surface area contributed by atoms with Crippen LogP contribution in [0.5, 0.6) is 0 Å². The summed E-state index contributed by atoms with van der Waals surface area (Å²) in [6.45, 7) is 0. The van der Waals surface area contributed by atoms with Gasteiger partial charge in [-0.25, -0.2) is 0 Å². The van der Waals surface area contributed by atoms with Gasteiger partial charge >= 0.3 is 0 Å². The molecule has 0 aliphatic heterocycles. The standard InChI is InChI=1S/C14H10O/c15-14(13-10-6-3-7-11-13)12-8-4-1-2-5-9-12/h1-4,6-11H. The number of carbonyl (C=O) groups excluding carboxylic acids is 1. The van der Waals surface area contributed by atoms with Gasteiger partial charge in [0, 0.05) is 11.1 Å². The van der Waals surface area contributed by atoms with E-state index < -0.39 is 0 Å². The lowest BCUT2D eigenvalue weighted by Crippen LogP contribution is -2.00. The molecule has 1 aromatic carbocycles. The van der Waals surface area contributed by atoms with E-state index in [1.165, 1.54) is 0 Å². The van der Waals surface area contributed by atoms with Gasteiger partial charge in [0.2, 0.25) is 0 Å². The molecule has 0 atom stereocenters. The van der Waals surface area contributed by atoms with Gasteiger partial charge in [-0.15, -0.1) is 5.73 Å². The SMILES string of the molecule is O=C(C1=CC=CC=C=C1)c1ccccc1. The Morgan fingerprint density at radius 1 is 1.07 bits per heavy atom.